The fourth-order valence-electron chi connectivity index (χ4n) is 6.28. The van der Waals surface area contributed by atoms with Crippen molar-refractivity contribution >= 4 is 39.9 Å². The number of alkyl halides is 1. The third-order valence-electron chi connectivity index (χ3n) is 8.66. The maximum Gasteiger partial charge on any atom is 0.337 e. The molecule has 1 unspecified atom stereocenters. The van der Waals surface area contributed by atoms with Gasteiger partial charge in [0, 0.05) is 24.8 Å². The van der Waals surface area contributed by atoms with Gasteiger partial charge in [-0.25, -0.2) is 14.4 Å². The molecule has 10 heteroatoms. The SMILES string of the molecule is COC(=O)c1ccc(CN2C(=O)N(Cc3ccc(C(=O)OC)cc3)[C@H](C(Br)Cc3ccccc3)[C@@H](OC(C)=O)[C@H]2Cc2ccccc2)cc1. The second-order valence-corrected chi connectivity index (χ2v) is 13.1. The number of nitrogens with zero attached hydrogens (tertiary/aromatic N) is 2. The molecular weight excluding hydrogens is 688 g/mol. The fraction of sp³-hybridized carbons (Fsp3) is 0.282. The van der Waals surface area contributed by atoms with Crippen LogP contribution in [-0.2, 0) is 44.9 Å². The first-order valence-electron chi connectivity index (χ1n) is 16.0. The third kappa shape index (κ3) is 8.75. The molecule has 4 atom stereocenters. The number of hydrogen-bond acceptors (Lipinski definition) is 7. The predicted molar refractivity (Wildman–Crippen MR) is 188 cm³/mol. The number of urea groups is 1. The Morgan fingerprint density at radius 2 is 1.14 bits per heavy atom. The van der Waals surface area contributed by atoms with Crippen LogP contribution in [0.15, 0.2) is 109 Å². The molecule has 0 spiro atoms. The molecule has 0 aliphatic carbocycles. The summed E-state index contributed by atoms with van der Waals surface area (Å²) < 4.78 is 16.0. The van der Waals surface area contributed by atoms with Gasteiger partial charge < -0.3 is 24.0 Å². The summed E-state index contributed by atoms with van der Waals surface area (Å²) in [7, 11) is 2.66. The maximum atomic E-state index is 14.9. The van der Waals surface area contributed by atoms with Crippen LogP contribution in [0.25, 0.3) is 0 Å². The van der Waals surface area contributed by atoms with Crippen molar-refractivity contribution < 1.29 is 33.4 Å². The molecule has 49 heavy (non-hydrogen) atoms. The Morgan fingerprint density at radius 3 is 1.61 bits per heavy atom. The molecule has 1 saturated heterocycles. The Morgan fingerprint density at radius 1 is 0.673 bits per heavy atom. The average molecular weight is 728 g/mol. The lowest BCUT2D eigenvalue weighted by atomic mass is 9.87. The Labute approximate surface area is 294 Å². The number of amides is 2. The highest BCUT2D eigenvalue weighted by Crippen LogP contribution is 2.35. The van der Waals surface area contributed by atoms with Gasteiger partial charge in [0.1, 0.15) is 6.10 Å². The number of carbonyl (C=O) groups is 4. The Kier molecular flexibility index (Phi) is 11.9. The largest absolute Gasteiger partial charge is 0.465 e. The minimum atomic E-state index is -0.729. The van der Waals surface area contributed by atoms with Crippen molar-refractivity contribution in [1.29, 1.82) is 0 Å². The van der Waals surface area contributed by atoms with Gasteiger partial charge in [0.2, 0.25) is 0 Å². The van der Waals surface area contributed by atoms with Crippen LogP contribution in [0.2, 0.25) is 0 Å². The Bertz CT molecular complexity index is 1730. The first-order valence-corrected chi connectivity index (χ1v) is 16.9. The van der Waals surface area contributed by atoms with Crippen molar-refractivity contribution in [3.8, 4) is 0 Å². The number of carbonyl (C=O) groups excluding carboxylic acids is 4. The van der Waals surface area contributed by atoms with E-state index in [1.165, 1.54) is 21.1 Å². The van der Waals surface area contributed by atoms with Crippen LogP contribution < -0.4 is 0 Å². The highest BCUT2D eigenvalue weighted by atomic mass is 79.9. The van der Waals surface area contributed by atoms with Crippen molar-refractivity contribution in [2.24, 2.45) is 0 Å². The second kappa shape index (κ2) is 16.4. The molecule has 0 aromatic heterocycles. The van der Waals surface area contributed by atoms with Crippen LogP contribution >= 0.6 is 15.9 Å². The smallest absolute Gasteiger partial charge is 0.337 e. The molecule has 4 aromatic rings. The molecular formula is C39H39BrN2O7. The van der Waals surface area contributed by atoms with E-state index in [4.69, 9.17) is 14.2 Å². The van der Waals surface area contributed by atoms with E-state index in [1.807, 2.05) is 60.7 Å². The number of esters is 3. The molecule has 1 fully saturated rings. The summed E-state index contributed by atoms with van der Waals surface area (Å²) in [6.45, 7) is 1.78. The van der Waals surface area contributed by atoms with E-state index in [0.29, 0.717) is 24.0 Å². The first kappa shape index (κ1) is 35.3. The van der Waals surface area contributed by atoms with E-state index in [9.17, 15) is 19.2 Å². The van der Waals surface area contributed by atoms with Crippen LogP contribution in [0.5, 0.6) is 0 Å². The zero-order chi connectivity index (χ0) is 34.9. The molecule has 0 bridgehead atoms. The molecule has 1 heterocycles. The minimum absolute atomic E-state index is 0.190. The third-order valence-corrected chi connectivity index (χ3v) is 9.52. The van der Waals surface area contributed by atoms with Gasteiger partial charge >= 0.3 is 23.9 Å². The molecule has 0 saturated carbocycles. The van der Waals surface area contributed by atoms with Crippen molar-refractivity contribution in [2.45, 2.75) is 55.9 Å². The molecule has 5 rings (SSSR count). The van der Waals surface area contributed by atoms with E-state index < -0.39 is 36.1 Å². The van der Waals surface area contributed by atoms with Gasteiger partial charge in [-0.1, -0.05) is 101 Å². The van der Waals surface area contributed by atoms with E-state index >= 15 is 0 Å². The summed E-state index contributed by atoms with van der Waals surface area (Å²) in [6, 6.07) is 32.3. The predicted octanol–water partition coefficient (Wildman–Crippen LogP) is 6.62. The average Bonchev–Trinajstić information content (AvgIpc) is 3.12. The molecule has 0 radical (unpaired) electrons. The van der Waals surface area contributed by atoms with Crippen molar-refractivity contribution in [3.05, 3.63) is 143 Å². The van der Waals surface area contributed by atoms with E-state index in [1.54, 1.807) is 58.3 Å². The standard InChI is InChI=1S/C39H39BrN2O7/c1-26(43)49-36-34(23-28-12-8-5-9-13-28)41(24-29-14-18-31(19-15-29)37(44)47-2)39(46)42(25-30-16-20-32(21-17-30)38(45)48-3)35(36)33(40)22-27-10-6-4-7-11-27/h4-21,33-36H,22-25H2,1-3H3/t33?,34-,35-,36+/m1/s1. The number of ether oxygens (including phenoxy) is 3. The van der Waals surface area contributed by atoms with Gasteiger partial charge in [-0.15, -0.1) is 0 Å². The highest BCUT2D eigenvalue weighted by molar-refractivity contribution is 9.09. The van der Waals surface area contributed by atoms with E-state index in [2.05, 4.69) is 15.9 Å². The quantitative estimate of drug-likeness (QED) is 0.0920. The van der Waals surface area contributed by atoms with Gasteiger partial charge in [-0.3, -0.25) is 4.79 Å². The van der Waals surface area contributed by atoms with Crippen LogP contribution in [0.1, 0.15) is 49.9 Å². The molecule has 1 aliphatic heterocycles. The highest BCUT2D eigenvalue weighted by Gasteiger charge is 2.50. The van der Waals surface area contributed by atoms with Gasteiger partial charge in [0.05, 0.1) is 37.4 Å². The number of methoxy groups -OCH3 is 2. The van der Waals surface area contributed by atoms with E-state index in [-0.39, 0.29) is 23.9 Å². The topological polar surface area (TPSA) is 102 Å². The summed E-state index contributed by atoms with van der Waals surface area (Å²) in [5, 5.41) is 0. The van der Waals surface area contributed by atoms with Crippen LogP contribution in [0.3, 0.4) is 0 Å². The summed E-state index contributed by atoms with van der Waals surface area (Å²) >= 11 is 3.95. The second-order valence-electron chi connectivity index (χ2n) is 11.9. The molecule has 1 aliphatic rings. The number of benzene rings is 4. The Hall–Kier alpha value is -4.96. The summed E-state index contributed by atoms with van der Waals surface area (Å²) in [5.41, 5.74) is 4.43. The lowest BCUT2D eigenvalue weighted by Crippen LogP contribution is -2.69. The molecule has 0 N–H and O–H groups in total. The normalized spacial score (nSPS) is 18.0. The van der Waals surface area contributed by atoms with Gasteiger partial charge in [-0.2, -0.15) is 0 Å². The van der Waals surface area contributed by atoms with Crippen molar-refractivity contribution in [3.63, 3.8) is 0 Å². The van der Waals surface area contributed by atoms with Crippen LogP contribution in [0, 0.1) is 0 Å². The molecule has 2 amide bonds. The monoisotopic (exact) mass is 726 g/mol. The van der Waals surface area contributed by atoms with Gasteiger partial charge in [-0.05, 0) is 59.4 Å². The number of hydrogen-bond donors (Lipinski definition) is 0. The first-order chi connectivity index (χ1) is 23.7. The van der Waals surface area contributed by atoms with Crippen LogP contribution in [-0.4, -0.2) is 71.0 Å². The van der Waals surface area contributed by atoms with Crippen molar-refractivity contribution in [2.75, 3.05) is 14.2 Å². The zero-order valence-corrected chi connectivity index (χ0v) is 29.2. The summed E-state index contributed by atoms with van der Waals surface area (Å²) in [6.07, 6.45) is 0.280. The van der Waals surface area contributed by atoms with Crippen molar-refractivity contribution in [1.82, 2.24) is 9.80 Å². The van der Waals surface area contributed by atoms with Gasteiger partial charge in [0.15, 0.2) is 0 Å². The minimum Gasteiger partial charge on any atom is -0.465 e. The summed E-state index contributed by atoms with van der Waals surface area (Å²) in [4.78, 5) is 55.3. The lowest BCUT2D eigenvalue weighted by Gasteiger charge is -2.52. The molecule has 4 aromatic carbocycles. The number of halogens is 1. The maximum absolute atomic E-state index is 14.9. The summed E-state index contributed by atoms with van der Waals surface area (Å²) in [5.74, 6) is -1.36. The number of rotatable bonds is 12. The lowest BCUT2D eigenvalue weighted by molar-refractivity contribution is -0.157. The van der Waals surface area contributed by atoms with Crippen LogP contribution in [0.4, 0.5) is 4.79 Å². The zero-order valence-electron chi connectivity index (χ0n) is 27.7. The Balaban J connectivity index is 1.60. The van der Waals surface area contributed by atoms with E-state index in [0.717, 1.165) is 22.3 Å². The fourth-order valence-corrected chi connectivity index (χ4v) is 7.24. The molecule has 9 nitrogen and oxygen atoms in total. The molecule has 254 valence electrons. The van der Waals surface area contributed by atoms with Gasteiger partial charge in [0.25, 0.3) is 0 Å².